The van der Waals surface area contributed by atoms with Crippen molar-refractivity contribution in [2.24, 2.45) is 0 Å². The van der Waals surface area contributed by atoms with E-state index in [-0.39, 0.29) is 0 Å². The van der Waals surface area contributed by atoms with Crippen LogP contribution in [0, 0.1) is 0 Å². The topological polar surface area (TPSA) is 105 Å². The van der Waals surface area contributed by atoms with Crippen LogP contribution in [0.3, 0.4) is 0 Å². The molecule has 0 aliphatic carbocycles. The molecule has 170 valence electrons. The molecule has 3 rings (SSSR count). The summed E-state index contributed by atoms with van der Waals surface area (Å²) in [5.41, 5.74) is 4.92. The van der Waals surface area contributed by atoms with Gasteiger partial charge in [0.1, 0.15) is 0 Å². The van der Waals surface area contributed by atoms with Gasteiger partial charge in [0, 0.05) is 51.5 Å². The molecule has 0 saturated carbocycles. The molecule has 1 aliphatic rings. The van der Waals surface area contributed by atoms with E-state index in [2.05, 4.69) is 46.4 Å². The number of carbonyl (C=O) groups excluding carboxylic acids is 3. The fourth-order valence-electron chi connectivity index (χ4n) is 3.72. The number of nitrogens with one attached hydrogen (secondary N) is 2. The van der Waals surface area contributed by atoms with E-state index >= 15 is 0 Å². The third-order valence-electron chi connectivity index (χ3n) is 5.76. The fourth-order valence-corrected chi connectivity index (χ4v) is 3.72. The lowest BCUT2D eigenvalue weighted by atomic mass is 10.0. The Morgan fingerprint density at radius 3 is 1.94 bits per heavy atom. The van der Waals surface area contributed by atoms with Crippen molar-refractivity contribution in [1.29, 1.82) is 0 Å². The second-order valence-corrected chi connectivity index (χ2v) is 7.82. The number of carbonyl (C=O) groups is 3. The fraction of sp³-hybridized carbons (Fsp3) is 0.348. The quantitative estimate of drug-likeness (QED) is 0.349. The Labute approximate surface area is 187 Å². The van der Waals surface area contributed by atoms with Crippen LogP contribution in [0.5, 0.6) is 0 Å². The van der Waals surface area contributed by atoms with Gasteiger partial charge in [-0.2, -0.15) is 0 Å². The van der Waals surface area contributed by atoms with Crippen LogP contribution in [0.2, 0.25) is 0 Å². The Hall–Kier alpha value is -3.43. The minimum Gasteiger partial charge on any atom is -0.369 e. The number of hydroxylamine groups is 1. The molecule has 0 spiro atoms. The van der Waals surface area contributed by atoms with E-state index in [1.807, 2.05) is 12.1 Å². The summed E-state index contributed by atoms with van der Waals surface area (Å²) < 4.78 is 0. The van der Waals surface area contributed by atoms with Crippen molar-refractivity contribution in [3.63, 3.8) is 0 Å². The minimum absolute atomic E-state index is 0.324. The van der Waals surface area contributed by atoms with Gasteiger partial charge in [0.05, 0.1) is 0 Å². The van der Waals surface area contributed by atoms with Gasteiger partial charge in [0.2, 0.25) is 0 Å². The van der Waals surface area contributed by atoms with Crippen molar-refractivity contribution in [2.45, 2.75) is 6.04 Å². The number of amides is 3. The first-order chi connectivity index (χ1) is 15.3. The third kappa shape index (κ3) is 5.06. The molecule has 1 aliphatic heterocycles. The largest absolute Gasteiger partial charge is 0.369 e. The van der Waals surface area contributed by atoms with Gasteiger partial charge in [0.15, 0.2) is 6.04 Å². The van der Waals surface area contributed by atoms with Crippen LogP contribution in [0.15, 0.2) is 48.5 Å². The van der Waals surface area contributed by atoms with Gasteiger partial charge in [-0.3, -0.25) is 19.6 Å². The molecule has 2 aromatic carbocycles. The highest BCUT2D eigenvalue weighted by Crippen LogP contribution is 2.24. The molecule has 1 unspecified atom stereocenters. The number of hydrogen-bond donors (Lipinski definition) is 3. The standard InChI is InChI=1S/C23H29N5O4/c1-24-21(29)20(22(30)25-32)27(3)23(31)18-6-4-16(5-7-18)17-8-10-19(11-9-17)28-14-12-26(2)13-15-28/h4-11,20,32H,12-15H2,1-3H3,(H,24,29)(H,25,30). The Morgan fingerprint density at radius 1 is 0.906 bits per heavy atom. The summed E-state index contributed by atoms with van der Waals surface area (Å²) in [5, 5.41) is 11.2. The number of rotatable bonds is 6. The lowest BCUT2D eigenvalue weighted by molar-refractivity contribution is -0.140. The van der Waals surface area contributed by atoms with Crippen LogP contribution in [0.25, 0.3) is 11.1 Å². The summed E-state index contributed by atoms with van der Waals surface area (Å²) >= 11 is 0. The van der Waals surface area contributed by atoms with Crippen molar-refractivity contribution in [3.8, 4) is 11.1 Å². The maximum atomic E-state index is 12.8. The Morgan fingerprint density at radius 2 is 1.44 bits per heavy atom. The molecule has 3 N–H and O–H groups in total. The SMILES string of the molecule is CNC(=O)C(C(=O)NO)N(C)C(=O)c1ccc(-c2ccc(N3CCN(C)CC3)cc2)cc1. The van der Waals surface area contributed by atoms with Crippen LogP contribution < -0.4 is 15.7 Å². The number of piperazine rings is 1. The van der Waals surface area contributed by atoms with Crippen LogP contribution in [-0.4, -0.2) is 86.1 Å². The minimum atomic E-state index is -1.49. The van der Waals surface area contributed by atoms with Crippen LogP contribution >= 0.6 is 0 Å². The Kier molecular flexibility index (Phi) is 7.45. The van der Waals surface area contributed by atoms with Crippen molar-refractivity contribution in [1.82, 2.24) is 20.6 Å². The van der Waals surface area contributed by atoms with Gasteiger partial charge in [-0.05, 0) is 42.4 Å². The first-order valence-electron chi connectivity index (χ1n) is 10.4. The summed E-state index contributed by atoms with van der Waals surface area (Å²) in [5.74, 6) is -2.21. The molecule has 0 bridgehead atoms. The van der Waals surface area contributed by atoms with E-state index in [1.54, 1.807) is 12.1 Å². The predicted octanol–water partition coefficient (Wildman–Crippen LogP) is 0.797. The van der Waals surface area contributed by atoms with E-state index in [0.29, 0.717) is 5.56 Å². The number of benzene rings is 2. The zero-order valence-electron chi connectivity index (χ0n) is 18.5. The number of likely N-dealkylation sites (N-methyl/N-ethyl adjacent to an activating group) is 3. The summed E-state index contributed by atoms with van der Waals surface area (Å²) in [7, 11) is 4.82. The zero-order chi connectivity index (χ0) is 23.3. The van der Waals surface area contributed by atoms with Crippen LogP contribution in [0.4, 0.5) is 5.69 Å². The van der Waals surface area contributed by atoms with Crippen molar-refractivity contribution in [3.05, 3.63) is 54.1 Å². The normalized spacial score (nSPS) is 15.1. The summed E-state index contributed by atoms with van der Waals surface area (Å²) in [6, 6.07) is 13.8. The monoisotopic (exact) mass is 439 g/mol. The predicted molar refractivity (Wildman–Crippen MR) is 121 cm³/mol. The van der Waals surface area contributed by atoms with Gasteiger partial charge < -0.3 is 20.0 Å². The van der Waals surface area contributed by atoms with Gasteiger partial charge >= 0.3 is 0 Å². The molecular weight excluding hydrogens is 410 g/mol. The smallest absolute Gasteiger partial charge is 0.275 e. The average molecular weight is 440 g/mol. The molecule has 9 heteroatoms. The summed E-state index contributed by atoms with van der Waals surface area (Å²) in [6.45, 7) is 4.11. The Bertz CT molecular complexity index is 937. The van der Waals surface area contributed by atoms with E-state index in [0.717, 1.165) is 42.2 Å². The van der Waals surface area contributed by atoms with Crippen molar-refractivity contribution in [2.75, 3.05) is 52.2 Å². The van der Waals surface area contributed by atoms with Crippen LogP contribution in [0.1, 0.15) is 10.4 Å². The van der Waals surface area contributed by atoms with Crippen LogP contribution in [-0.2, 0) is 9.59 Å². The number of hydrogen-bond acceptors (Lipinski definition) is 6. The van der Waals surface area contributed by atoms with Crippen molar-refractivity contribution < 1.29 is 19.6 Å². The lowest BCUT2D eigenvalue weighted by Crippen LogP contribution is -2.54. The molecule has 1 saturated heterocycles. The van der Waals surface area contributed by atoms with Gasteiger partial charge in [-0.25, -0.2) is 5.48 Å². The van der Waals surface area contributed by atoms with Gasteiger partial charge in [0.25, 0.3) is 17.7 Å². The second kappa shape index (κ2) is 10.3. The maximum Gasteiger partial charge on any atom is 0.275 e. The van der Waals surface area contributed by atoms with Gasteiger partial charge in [-0.15, -0.1) is 0 Å². The molecule has 0 radical (unpaired) electrons. The maximum absolute atomic E-state index is 12.8. The highest BCUT2D eigenvalue weighted by Gasteiger charge is 2.33. The second-order valence-electron chi connectivity index (χ2n) is 7.82. The van der Waals surface area contributed by atoms with Gasteiger partial charge in [-0.1, -0.05) is 24.3 Å². The molecule has 1 fully saturated rings. The average Bonchev–Trinajstić information content (AvgIpc) is 2.84. The van der Waals surface area contributed by atoms with E-state index < -0.39 is 23.8 Å². The zero-order valence-corrected chi connectivity index (χ0v) is 18.5. The lowest BCUT2D eigenvalue weighted by Gasteiger charge is -2.34. The molecule has 9 nitrogen and oxygen atoms in total. The first kappa shape index (κ1) is 23.2. The molecule has 1 heterocycles. The Balaban J connectivity index is 1.72. The highest BCUT2D eigenvalue weighted by atomic mass is 16.5. The van der Waals surface area contributed by atoms with E-state index in [9.17, 15) is 14.4 Å². The molecular formula is C23H29N5O4. The van der Waals surface area contributed by atoms with E-state index in [4.69, 9.17) is 5.21 Å². The van der Waals surface area contributed by atoms with Crippen molar-refractivity contribution >= 4 is 23.4 Å². The molecule has 32 heavy (non-hydrogen) atoms. The molecule has 0 aromatic heterocycles. The molecule has 3 amide bonds. The third-order valence-corrected chi connectivity index (χ3v) is 5.76. The summed E-state index contributed by atoms with van der Waals surface area (Å²) in [6.07, 6.45) is 0. The molecule has 1 atom stereocenters. The number of nitrogens with zero attached hydrogens (tertiary/aromatic N) is 3. The highest BCUT2D eigenvalue weighted by molar-refractivity contribution is 6.08. The molecule has 2 aromatic rings. The number of anilines is 1. The first-order valence-corrected chi connectivity index (χ1v) is 10.4. The summed E-state index contributed by atoms with van der Waals surface area (Å²) in [4.78, 5) is 42.3. The van der Waals surface area contributed by atoms with E-state index in [1.165, 1.54) is 25.3 Å².